The third-order valence-electron chi connectivity index (χ3n) is 2.31. The summed E-state index contributed by atoms with van der Waals surface area (Å²) in [6.45, 7) is 1.30. The first kappa shape index (κ1) is 16.1. The highest BCUT2D eigenvalue weighted by atomic mass is 19.4. The monoisotopic (exact) mass is 299 g/mol. The van der Waals surface area contributed by atoms with Crippen LogP contribution in [0.2, 0.25) is 0 Å². The minimum absolute atomic E-state index is 0.115. The number of hydrogen-bond donors (Lipinski definition) is 1. The molecule has 0 aliphatic rings. The molecule has 0 saturated carbocycles. The zero-order valence-corrected chi connectivity index (χ0v) is 10.2. The van der Waals surface area contributed by atoms with Gasteiger partial charge >= 0.3 is 12.1 Å². The van der Waals surface area contributed by atoms with Crippen molar-refractivity contribution in [3.05, 3.63) is 23.0 Å². The van der Waals surface area contributed by atoms with Crippen LogP contribution >= 0.6 is 0 Å². The Bertz CT molecular complexity index is 502. The molecule has 0 amide bonds. The maximum absolute atomic E-state index is 12.8. The second-order valence-electron chi connectivity index (χ2n) is 3.66. The highest BCUT2D eigenvalue weighted by molar-refractivity contribution is 5.74. The van der Waals surface area contributed by atoms with Crippen LogP contribution in [0.3, 0.4) is 0 Å². The highest BCUT2D eigenvalue weighted by Gasteiger charge is 2.40. The average Bonchev–Trinajstić information content (AvgIpc) is 2.26. The summed E-state index contributed by atoms with van der Waals surface area (Å²) in [6, 6.07) is 0. The smallest absolute Gasteiger partial charge is 0.420 e. The molecule has 0 spiro atoms. The van der Waals surface area contributed by atoms with Crippen LogP contribution in [-0.2, 0) is 22.1 Å². The number of halogens is 5. The van der Waals surface area contributed by atoms with Gasteiger partial charge in [0.25, 0.3) is 6.43 Å². The zero-order valence-electron chi connectivity index (χ0n) is 10.2. The quantitative estimate of drug-likeness (QED) is 0.686. The number of rotatable bonds is 4. The van der Waals surface area contributed by atoms with Crippen molar-refractivity contribution in [2.24, 2.45) is 0 Å². The molecule has 0 aliphatic carbocycles. The number of esters is 1. The Morgan fingerprint density at radius 1 is 1.45 bits per heavy atom. The first-order valence-corrected chi connectivity index (χ1v) is 5.40. The van der Waals surface area contributed by atoms with E-state index in [1.807, 2.05) is 0 Å². The Kier molecular flexibility index (Phi) is 4.85. The van der Waals surface area contributed by atoms with Gasteiger partial charge in [-0.25, -0.2) is 8.78 Å². The number of carbonyl (C=O) groups is 1. The van der Waals surface area contributed by atoms with Crippen molar-refractivity contribution in [3.63, 3.8) is 0 Å². The molecular weight excluding hydrogens is 289 g/mol. The van der Waals surface area contributed by atoms with Gasteiger partial charge in [0.15, 0.2) is 0 Å². The van der Waals surface area contributed by atoms with E-state index in [9.17, 15) is 31.9 Å². The van der Waals surface area contributed by atoms with E-state index in [0.29, 0.717) is 0 Å². The average molecular weight is 299 g/mol. The van der Waals surface area contributed by atoms with Crippen molar-refractivity contribution in [3.8, 4) is 5.75 Å². The van der Waals surface area contributed by atoms with E-state index in [-0.39, 0.29) is 12.8 Å². The number of ether oxygens (including phenoxy) is 1. The van der Waals surface area contributed by atoms with Crippen molar-refractivity contribution in [2.45, 2.75) is 25.9 Å². The first-order valence-electron chi connectivity index (χ1n) is 5.40. The number of alkyl halides is 5. The minimum Gasteiger partial charge on any atom is -0.506 e. The molecule has 0 bridgehead atoms. The van der Waals surface area contributed by atoms with Gasteiger partial charge in [-0.1, -0.05) is 0 Å². The summed E-state index contributed by atoms with van der Waals surface area (Å²) in [5, 5.41) is 9.20. The van der Waals surface area contributed by atoms with Gasteiger partial charge < -0.3 is 9.84 Å². The van der Waals surface area contributed by atoms with E-state index in [4.69, 9.17) is 0 Å². The van der Waals surface area contributed by atoms with Crippen molar-refractivity contribution >= 4 is 5.97 Å². The Balaban J connectivity index is 3.41. The molecule has 1 N–H and O–H groups in total. The number of hydrogen-bond acceptors (Lipinski definition) is 4. The molecule has 20 heavy (non-hydrogen) atoms. The van der Waals surface area contributed by atoms with E-state index in [1.54, 1.807) is 0 Å². The zero-order chi connectivity index (χ0) is 15.5. The van der Waals surface area contributed by atoms with Gasteiger partial charge in [0, 0.05) is 5.56 Å². The molecular formula is C11H10F5NO3. The van der Waals surface area contributed by atoms with Crippen molar-refractivity contribution in [1.29, 1.82) is 0 Å². The van der Waals surface area contributed by atoms with Gasteiger partial charge in [0.05, 0.1) is 19.2 Å². The second-order valence-corrected chi connectivity index (χ2v) is 3.66. The van der Waals surface area contributed by atoms with Crippen LogP contribution in [0, 0.1) is 0 Å². The molecule has 0 aromatic carbocycles. The molecule has 0 fully saturated rings. The van der Waals surface area contributed by atoms with Gasteiger partial charge in [0.1, 0.15) is 17.0 Å². The van der Waals surface area contributed by atoms with Crippen molar-refractivity contribution in [1.82, 2.24) is 4.98 Å². The van der Waals surface area contributed by atoms with Gasteiger partial charge in [-0.15, -0.1) is 0 Å². The maximum Gasteiger partial charge on any atom is 0.420 e. The van der Waals surface area contributed by atoms with Gasteiger partial charge in [-0.05, 0) is 6.92 Å². The summed E-state index contributed by atoms with van der Waals surface area (Å²) in [5.41, 5.74) is -3.98. The molecule has 0 unspecified atom stereocenters. The van der Waals surface area contributed by atoms with Crippen LogP contribution in [0.1, 0.15) is 30.2 Å². The SMILES string of the molecule is CCOC(=O)Cc1c(C(F)F)ncc(O)c1C(F)(F)F. The fourth-order valence-corrected chi connectivity index (χ4v) is 1.60. The topological polar surface area (TPSA) is 59.4 Å². The predicted octanol–water partition coefficient (Wildman–Crippen LogP) is 2.85. The van der Waals surface area contributed by atoms with E-state index in [0.717, 1.165) is 0 Å². The molecule has 9 heteroatoms. The van der Waals surface area contributed by atoms with Crippen molar-refractivity contribution < 1.29 is 36.6 Å². The lowest BCUT2D eigenvalue weighted by Gasteiger charge is -2.16. The van der Waals surface area contributed by atoms with E-state index in [2.05, 4.69) is 9.72 Å². The van der Waals surface area contributed by atoms with Crippen LogP contribution in [0.15, 0.2) is 6.20 Å². The molecule has 1 heterocycles. The van der Waals surface area contributed by atoms with Crippen LogP contribution in [-0.4, -0.2) is 22.7 Å². The normalized spacial score (nSPS) is 11.8. The fraction of sp³-hybridized carbons (Fsp3) is 0.455. The minimum atomic E-state index is -5.10. The van der Waals surface area contributed by atoms with Gasteiger partial charge in [0.2, 0.25) is 0 Å². The van der Waals surface area contributed by atoms with Crippen LogP contribution in [0.5, 0.6) is 5.75 Å². The molecule has 1 aromatic rings. The lowest BCUT2D eigenvalue weighted by atomic mass is 10.0. The summed E-state index contributed by atoms with van der Waals surface area (Å²) >= 11 is 0. The third-order valence-corrected chi connectivity index (χ3v) is 2.31. The van der Waals surface area contributed by atoms with Crippen LogP contribution in [0.25, 0.3) is 0 Å². The molecule has 4 nitrogen and oxygen atoms in total. The Hall–Kier alpha value is -1.93. The predicted molar refractivity (Wildman–Crippen MR) is 56.2 cm³/mol. The van der Waals surface area contributed by atoms with Gasteiger partial charge in [-0.2, -0.15) is 13.2 Å². The summed E-state index contributed by atoms with van der Waals surface area (Å²) in [5.74, 6) is -2.44. The van der Waals surface area contributed by atoms with E-state index in [1.165, 1.54) is 6.92 Å². The molecule has 0 saturated heterocycles. The van der Waals surface area contributed by atoms with E-state index < -0.39 is 47.6 Å². The molecule has 112 valence electrons. The standard InChI is InChI=1S/C11H10F5NO3/c1-2-20-7(19)3-5-8(11(14,15)16)6(18)4-17-9(5)10(12)13/h4,10,18H,2-3H2,1H3. The molecule has 1 aromatic heterocycles. The number of nitrogens with zero attached hydrogens (tertiary/aromatic N) is 1. The second kappa shape index (κ2) is 6.02. The lowest BCUT2D eigenvalue weighted by Crippen LogP contribution is -2.18. The molecule has 0 atom stereocenters. The highest BCUT2D eigenvalue weighted by Crippen LogP contribution is 2.40. The van der Waals surface area contributed by atoms with Crippen LogP contribution in [0.4, 0.5) is 22.0 Å². The summed E-state index contributed by atoms with van der Waals surface area (Å²) in [4.78, 5) is 14.3. The summed E-state index contributed by atoms with van der Waals surface area (Å²) < 4.78 is 68.2. The Morgan fingerprint density at radius 3 is 2.50 bits per heavy atom. The number of carbonyl (C=O) groups excluding carboxylic acids is 1. The first-order chi connectivity index (χ1) is 9.18. The fourth-order valence-electron chi connectivity index (χ4n) is 1.60. The van der Waals surface area contributed by atoms with Gasteiger partial charge in [-0.3, -0.25) is 9.78 Å². The Morgan fingerprint density at radius 2 is 2.05 bits per heavy atom. The largest absolute Gasteiger partial charge is 0.506 e. The number of aromatic nitrogens is 1. The molecule has 0 aliphatic heterocycles. The van der Waals surface area contributed by atoms with E-state index >= 15 is 0 Å². The summed E-state index contributed by atoms with van der Waals surface area (Å²) in [7, 11) is 0. The maximum atomic E-state index is 12.8. The molecule has 1 rings (SSSR count). The van der Waals surface area contributed by atoms with Crippen LogP contribution < -0.4 is 0 Å². The number of pyridine rings is 1. The number of aromatic hydroxyl groups is 1. The third kappa shape index (κ3) is 3.55. The molecule has 0 radical (unpaired) electrons. The van der Waals surface area contributed by atoms with Crippen molar-refractivity contribution in [2.75, 3.05) is 6.61 Å². The Labute approximate surface area is 110 Å². The lowest BCUT2D eigenvalue weighted by molar-refractivity contribution is -0.143. The summed E-state index contributed by atoms with van der Waals surface area (Å²) in [6.07, 6.45) is -9.19.